The molecule has 0 saturated carbocycles. The Morgan fingerprint density at radius 1 is 0.375 bits per heavy atom. The minimum absolute atomic E-state index is 0. The van der Waals surface area contributed by atoms with Crippen LogP contribution in [0.15, 0.2) is 24.3 Å². The first kappa shape index (κ1) is 27.2. The third-order valence-electron chi connectivity index (χ3n) is 3.27. The molecule has 0 heterocycles. The van der Waals surface area contributed by atoms with Crippen LogP contribution in [0.4, 0.5) is 0 Å². The molecule has 0 atom stereocenters. The van der Waals surface area contributed by atoms with E-state index in [2.05, 4.69) is 0 Å². The summed E-state index contributed by atoms with van der Waals surface area (Å²) in [6, 6.07) is 4.57. The average molecular weight is 366 g/mol. The molecule has 3 aromatic rings. The third kappa shape index (κ3) is 4.27. The van der Waals surface area contributed by atoms with E-state index >= 15 is 0 Å². The van der Waals surface area contributed by atoms with E-state index < -0.39 is 11.5 Å². The van der Waals surface area contributed by atoms with Gasteiger partial charge in [-0.2, -0.15) is 0 Å². The second-order valence-corrected chi connectivity index (χ2v) is 4.40. The van der Waals surface area contributed by atoms with Crippen LogP contribution in [0, 0.1) is 0 Å². The average Bonchev–Trinajstić information content (AvgIpc) is 2.41. The first-order chi connectivity index (χ1) is 9.43. The Balaban J connectivity index is 0. The summed E-state index contributed by atoms with van der Waals surface area (Å²) in [6.07, 6.45) is 0. The predicted octanol–water partition coefficient (Wildman–Crippen LogP) is 0.703. The Kier molecular flexibility index (Phi) is 11.7. The zero-order valence-corrected chi connectivity index (χ0v) is 22.0. The number of aromatic hydroxyl groups is 6. The second-order valence-electron chi connectivity index (χ2n) is 4.40. The molecule has 0 fully saturated rings. The Hall–Kier alpha value is 0.980. The summed E-state index contributed by atoms with van der Waals surface area (Å²) in [4.78, 5) is 0. The van der Waals surface area contributed by atoms with Crippen LogP contribution in [0.1, 0.15) is 0 Å². The quantitative estimate of drug-likeness (QED) is 0.198. The van der Waals surface area contributed by atoms with Crippen molar-refractivity contribution in [2.45, 2.75) is 0 Å². The van der Waals surface area contributed by atoms with Crippen molar-refractivity contribution in [1.82, 2.24) is 0 Å². The van der Waals surface area contributed by atoms with Crippen molar-refractivity contribution in [2.75, 3.05) is 0 Å². The zero-order valence-electron chi connectivity index (χ0n) is 14.0. The molecular weight excluding hydrogens is 356 g/mol. The molecule has 3 rings (SSSR count). The summed E-state index contributed by atoms with van der Waals surface area (Å²) in [7, 11) is 0. The molecule has 24 heavy (non-hydrogen) atoms. The van der Waals surface area contributed by atoms with Crippen LogP contribution >= 0.6 is 0 Å². The summed E-state index contributed by atoms with van der Waals surface area (Å²) in [5, 5.41) is 58.7. The van der Waals surface area contributed by atoms with E-state index in [9.17, 15) is 30.6 Å². The monoisotopic (exact) mass is 366 g/mol. The van der Waals surface area contributed by atoms with E-state index in [1.807, 2.05) is 0 Å². The summed E-state index contributed by atoms with van der Waals surface area (Å²) >= 11 is 0. The largest absolute Gasteiger partial charge is 0.507 e. The fourth-order valence-electron chi connectivity index (χ4n) is 2.37. The van der Waals surface area contributed by atoms with Gasteiger partial charge < -0.3 is 30.6 Å². The van der Waals surface area contributed by atoms with Crippen molar-refractivity contribution in [3.05, 3.63) is 24.3 Å². The van der Waals surface area contributed by atoms with Crippen molar-refractivity contribution in [3.8, 4) is 34.5 Å². The van der Waals surface area contributed by atoms with Gasteiger partial charge in [-0.3, -0.25) is 0 Å². The Bertz CT molecular complexity index is 744. The first-order valence-electron chi connectivity index (χ1n) is 5.66. The molecule has 0 aromatic heterocycles. The van der Waals surface area contributed by atoms with Gasteiger partial charge in [-0.05, 0) is 24.3 Å². The van der Waals surface area contributed by atoms with Crippen molar-refractivity contribution in [3.63, 3.8) is 0 Å². The van der Waals surface area contributed by atoms with Crippen LogP contribution in [-0.4, -0.2) is 149 Å². The minimum Gasteiger partial charge on any atom is -0.507 e. The van der Waals surface area contributed by atoms with Crippen LogP contribution in [0.5, 0.6) is 34.5 Å². The molecule has 106 valence electrons. The van der Waals surface area contributed by atoms with Gasteiger partial charge in [0.1, 0.15) is 34.5 Å². The van der Waals surface area contributed by atoms with E-state index in [0.717, 1.165) is 24.3 Å². The fourth-order valence-corrected chi connectivity index (χ4v) is 2.37. The van der Waals surface area contributed by atoms with E-state index in [1.165, 1.54) is 0 Å². The SMILES string of the molecule is Oc1ccc(O)c2c(O)c3c(O)ccc(O)c3c(O)c12.[Na].[Na].[Na].[Na]. The van der Waals surface area contributed by atoms with Crippen molar-refractivity contribution < 1.29 is 30.6 Å². The molecule has 0 saturated heterocycles. The Labute approximate surface area is 225 Å². The van der Waals surface area contributed by atoms with Gasteiger partial charge in [0.2, 0.25) is 0 Å². The molecule has 0 spiro atoms. The Morgan fingerprint density at radius 3 is 0.708 bits per heavy atom. The predicted molar refractivity (Wildman–Crippen MR) is 94.5 cm³/mol. The maximum atomic E-state index is 10.2. The van der Waals surface area contributed by atoms with Crippen molar-refractivity contribution >= 4 is 140 Å². The van der Waals surface area contributed by atoms with Crippen molar-refractivity contribution in [1.29, 1.82) is 0 Å². The summed E-state index contributed by atoms with van der Waals surface area (Å²) in [5.41, 5.74) is 0. The number of fused-ring (bicyclic) bond motifs is 2. The Morgan fingerprint density at radius 2 is 0.542 bits per heavy atom. The molecule has 0 amide bonds. The summed E-state index contributed by atoms with van der Waals surface area (Å²) in [6.45, 7) is 0. The van der Waals surface area contributed by atoms with Crippen molar-refractivity contribution in [2.24, 2.45) is 0 Å². The van der Waals surface area contributed by atoms with Gasteiger partial charge in [0.05, 0.1) is 21.5 Å². The molecule has 0 aliphatic heterocycles. The fraction of sp³-hybridized carbons (Fsp3) is 0. The van der Waals surface area contributed by atoms with Crippen LogP contribution in [-0.2, 0) is 0 Å². The van der Waals surface area contributed by atoms with Gasteiger partial charge in [-0.25, -0.2) is 0 Å². The number of phenols is 6. The van der Waals surface area contributed by atoms with E-state index in [4.69, 9.17) is 0 Å². The second kappa shape index (κ2) is 10.3. The number of phenolic OH excluding ortho intramolecular Hbond substituents is 6. The minimum atomic E-state index is -0.547. The van der Waals surface area contributed by atoms with Gasteiger partial charge in [0.15, 0.2) is 0 Å². The normalized spacial score (nSPS) is 9.33. The maximum absolute atomic E-state index is 10.2. The molecule has 0 aliphatic carbocycles. The molecule has 0 unspecified atom stereocenters. The number of hydrogen-bond acceptors (Lipinski definition) is 6. The van der Waals surface area contributed by atoms with Gasteiger partial charge in [-0.15, -0.1) is 0 Å². The van der Waals surface area contributed by atoms with E-state index in [0.29, 0.717) is 0 Å². The zero-order chi connectivity index (χ0) is 14.6. The summed E-state index contributed by atoms with van der Waals surface area (Å²) in [5.74, 6) is -2.61. The molecule has 3 aromatic carbocycles. The van der Waals surface area contributed by atoms with Gasteiger partial charge >= 0.3 is 0 Å². The molecule has 4 radical (unpaired) electrons. The summed E-state index contributed by atoms with van der Waals surface area (Å²) < 4.78 is 0. The van der Waals surface area contributed by atoms with Crippen LogP contribution in [0.2, 0.25) is 0 Å². The number of benzene rings is 3. The number of hydrogen-bond donors (Lipinski definition) is 6. The molecule has 6 N–H and O–H groups in total. The van der Waals surface area contributed by atoms with Crippen LogP contribution in [0.25, 0.3) is 21.5 Å². The van der Waals surface area contributed by atoms with Gasteiger partial charge in [-0.1, -0.05) is 0 Å². The molecule has 10 heteroatoms. The maximum Gasteiger partial charge on any atom is 0.139 e. The molecule has 6 nitrogen and oxygen atoms in total. The van der Waals surface area contributed by atoms with Gasteiger partial charge in [0.25, 0.3) is 0 Å². The smallest absolute Gasteiger partial charge is 0.139 e. The molecule has 0 bridgehead atoms. The standard InChI is InChI=1S/C14H10O6.4Na/c15-5-1-2-6(16)10-9(5)13(19)11-7(17)3-4-8(18)12(11)14(10)20;;;;/h1-4,15-20H;;;;. The van der Waals surface area contributed by atoms with E-state index in [-0.39, 0.29) is 163 Å². The first-order valence-corrected chi connectivity index (χ1v) is 5.66. The number of rotatable bonds is 0. The molecular formula is C14H10Na4O6. The van der Waals surface area contributed by atoms with Crippen LogP contribution < -0.4 is 0 Å². The van der Waals surface area contributed by atoms with Crippen LogP contribution in [0.3, 0.4) is 0 Å². The molecule has 0 aliphatic rings. The van der Waals surface area contributed by atoms with E-state index in [1.54, 1.807) is 0 Å². The third-order valence-corrected chi connectivity index (χ3v) is 3.27. The van der Waals surface area contributed by atoms with Gasteiger partial charge in [0, 0.05) is 118 Å². The topological polar surface area (TPSA) is 121 Å².